The van der Waals surface area contributed by atoms with Crippen LogP contribution in [0.5, 0.6) is 0 Å². The van der Waals surface area contributed by atoms with E-state index in [-0.39, 0.29) is 30.0 Å². The van der Waals surface area contributed by atoms with Gasteiger partial charge >= 0.3 is 12.1 Å². The van der Waals surface area contributed by atoms with Gasteiger partial charge in [0.25, 0.3) is 5.91 Å². The van der Waals surface area contributed by atoms with Crippen LogP contribution in [0.25, 0.3) is 0 Å². The summed E-state index contributed by atoms with van der Waals surface area (Å²) in [5.74, 6) is -1.79. The third kappa shape index (κ3) is 8.70. The lowest BCUT2D eigenvalue weighted by Gasteiger charge is -2.12. The van der Waals surface area contributed by atoms with Gasteiger partial charge < -0.3 is 15.4 Å². The molecule has 11 heteroatoms. The fourth-order valence-electron chi connectivity index (χ4n) is 2.78. The van der Waals surface area contributed by atoms with Gasteiger partial charge in [-0.15, -0.1) is 0 Å². The molecule has 0 aliphatic heterocycles. The Kier molecular flexibility index (Phi) is 9.72. The third-order valence-electron chi connectivity index (χ3n) is 4.44. The number of esters is 1. The van der Waals surface area contributed by atoms with Crippen LogP contribution >= 0.6 is 27.5 Å². The van der Waals surface area contributed by atoms with Crippen LogP contribution in [0.4, 0.5) is 24.5 Å². The zero-order chi connectivity index (χ0) is 24.6. The van der Waals surface area contributed by atoms with Gasteiger partial charge in [-0.05, 0) is 54.8 Å². The smallest absolute Gasteiger partial charge is 0.416 e. The maximum Gasteiger partial charge on any atom is 0.416 e. The van der Waals surface area contributed by atoms with Crippen molar-refractivity contribution < 1.29 is 32.3 Å². The van der Waals surface area contributed by atoms with Gasteiger partial charge in [-0.2, -0.15) is 13.2 Å². The molecule has 33 heavy (non-hydrogen) atoms. The average molecular weight is 550 g/mol. The lowest BCUT2D eigenvalue weighted by Crippen LogP contribution is -2.21. The molecule has 2 N–H and O–H groups in total. The van der Waals surface area contributed by atoms with Crippen LogP contribution in [0.3, 0.4) is 0 Å². The number of halogens is 5. The molecular formula is C22H21BrClF3N2O4. The summed E-state index contributed by atoms with van der Waals surface area (Å²) in [7, 11) is 0. The summed E-state index contributed by atoms with van der Waals surface area (Å²) in [5.41, 5.74) is 0.413. The SMILES string of the molecule is CCc1cc(Br)ccc1NC(=O)COC(=O)CCCC(=O)Nc1cc(C(F)(F)F)ccc1Cl. The number of carbonyl (C=O) groups is 3. The van der Waals surface area contributed by atoms with Crippen molar-refractivity contribution in [3.8, 4) is 0 Å². The van der Waals surface area contributed by atoms with Crippen molar-refractivity contribution in [1.29, 1.82) is 0 Å². The molecule has 2 aromatic rings. The minimum Gasteiger partial charge on any atom is -0.456 e. The van der Waals surface area contributed by atoms with E-state index in [0.717, 1.165) is 28.2 Å². The first-order chi connectivity index (χ1) is 15.5. The van der Waals surface area contributed by atoms with E-state index in [4.69, 9.17) is 16.3 Å². The number of hydrogen-bond donors (Lipinski definition) is 2. The molecule has 2 aromatic carbocycles. The fraction of sp³-hybridized carbons (Fsp3) is 0.318. The summed E-state index contributed by atoms with van der Waals surface area (Å²) in [6, 6.07) is 7.97. The van der Waals surface area contributed by atoms with E-state index < -0.39 is 36.1 Å². The number of carbonyl (C=O) groups excluding carboxylic acids is 3. The number of rotatable bonds is 9. The number of benzene rings is 2. The summed E-state index contributed by atoms with van der Waals surface area (Å²) in [5, 5.41) is 4.93. The molecule has 0 bridgehead atoms. The normalized spacial score (nSPS) is 11.1. The van der Waals surface area contributed by atoms with Crippen LogP contribution in [0.2, 0.25) is 5.02 Å². The van der Waals surface area contributed by atoms with Crippen molar-refractivity contribution in [2.24, 2.45) is 0 Å². The van der Waals surface area contributed by atoms with Crippen molar-refractivity contribution in [3.05, 3.63) is 57.0 Å². The molecule has 0 radical (unpaired) electrons. The summed E-state index contributed by atoms with van der Waals surface area (Å²) >= 11 is 9.19. The standard InChI is InChI=1S/C22H21BrClF3N2O4/c1-2-13-10-15(23)7-9-17(13)28-20(31)12-33-21(32)5-3-4-19(30)29-18-11-14(22(25,26)27)6-8-16(18)24/h6-11H,2-5,12H2,1H3,(H,28,31)(H,29,30). The molecule has 6 nitrogen and oxygen atoms in total. The zero-order valence-corrected chi connectivity index (χ0v) is 19.9. The first kappa shape index (κ1) is 26.7. The number of alkyl halides is 3. The fourth-order valence-corrected chi connectivity index (χ4v) is 3.36. The highest BCUT2D eigenvalue weighted by molar-refractivity contribution is 9.10. The number of anilines is 2. The zero-order valence-electron chi connectivity index (χ0n) is 17.5. The van der Waals surface area contributed by atoms with Crippen molar-refractivity contribution in [3.63, 3.8) is 0 Å². The Morgan fingerprint density at radius 3 is 2.36 bits per heavy atom. The lowest BCUT2D eigenvalue weighted by atomic mass is 10.1. The highest BCUT2D eigenvalue weighted by atomic mass is 79.9. The molecule has 0 unspecified atom stereocenters. The van der Waals surface area contributed by atoms with Crippen LogP contribution in [0, 0.1) is 0 Å². The van der Waals surface area contributed by atoms with Gasteiger partial charge in [0, 0.05) is 23.0 Å². The van der Waals surface area contributed by atoms with Gasteiger partial charge in [-0.1, -0.05) is 34.5 Å². The molecule has 0 saturated carbocycles. The van der Waals surface area contributed by atoms with E-state index in [1.54, 1.807) is 12.1 Å². The number of ether oxygens (including phenoxy) is 1. The lowest BCUT2D eigenvalue weighted by molar-refractivity contribution is -0.147. The largest absolute Gasteiger partial charge is 0.456 e. The van der Waals surface area contributed by atoms with Gasteiger partial charge in [0.2, 0.25) is 5.91 Å². The molecular weight excluding hydrogens is 529 g/mol. The minimum atomic E-state index is -4.57. The van der Waals surface area contributed by atoms with E-state index in [2.05, 4.69) is 26.6 Å². The Balaban J connectivity index is 1.75. The molecule has 178 valence electrons. The van der Waals surface area contributed by atoms with E-state index >= 15 is 0 Å². The summed E-state index contributed by atoms with van der Waals surface area (Å²) in [4.78, 5) is 35.8. The maximum absolute atomic E-state index is 12.8. The molecule has 0 spiro atoms. The minimum absolute atomic E-state index is 0.0428. The molecule has 0 saturated heterocycles. The van der Waals surface area contributed by atoms with Crippen molar-refractivity contribution >= 4 is 56.7 Å². The molecule has 0 fully saturated rings. The maximum atomic E-state index is 12.8. The van der Waals surface area contributed by atoms with Crippen LogP contribution < -0.4 is 10.6 Å². The Bertz CT molecular complexity index is 1030. The van der Waals surface area contributed by atoms with Gasteiger partial charge in [-0.25, -0.2) is 0 Å². The van der Waals surface area contributed by atoms with Crippen molar-refractivity contribution in [2.45, 2.75) is 38.8 Å². The van der Waals surface area contributed by atoms with Gasteiger partial charge in [-0.3, -0.25) is 14.4 Å². The predicted molar refractivity (Wildman–Crippen MR) is 122 cm³/mol. The van der Waals surface area contributed by atoms with E-state index in [1.165, 1.54) is 0 Å². The second-order valence-corrected chi connectivity index (χ2v) is 8.28. The first-order valence-electron chi connectivity index (χ1n) is 9.90. The average Bonchev–Trinajstić information content (AvgIpc) is 2.74. The number of amides is 2. The van der Waals surface area contributed by atoms with Crippen LogP contribution in [-0.4, -0.2) is 24.4 Å². The van der Waals surface area contributed by atoms with E-state index in [1.807, 2.05) is 13.0 Å². The molecule has 2 rings (SSSR count). The molecule has 0 aliphatic rings. The van der Waals surface area contributed by atoms with Crippen LogP contribution in [-0.2, 0) is 31.7 Å². The van der Waals surface area contributed by atoms with Gasteiger partial charge in [0.05, 0.1) is 16.3 Å². The highest BCUT2D eigenvalue weighted by Crippen LogP contribution is 2.33. The monoisotopic (exact) mass is 548 g/mol. The Morgan fingerprint density at radius 2 is 1.70 bits per heavy atom. The molecule has 0 heterocycles. The summed E-state index contributed by atoms with van der Waals surface area (Å²) < 4.78 is 44.2. The molecule has 0 atom stereocenters. The number of hydrogen-bond acceptors (Lipinski definition) is 4. The number of nitrogens with one attached hydrogen (secondary N) is 2. The number of aryl methyl sites for hydroxylation is 1. The highest BCUT2D eigenvalue weighted by Gasteiger charge is 2.31. The Labute approximate surface area is 202 Å². The topological polar surface area (TPSA) is 84.5 Å². The second-order valence-electron chi connectivity index (χ2n) is 6.96. The van der Waals surface area contributed by atoms with E-state index in [9.17, 15) is 27.6 Å². The van der Waals surface area contributed by atoms with Gasteiger partial charge in [0.1, 0.15) is 0 Å². The summed E-state index contributed by atoms with van der Waals surface area (Å²) in [6.07, 6.45) is -4.09. The Morgan fingerprint density at radius 1 is 1.00 bits per heavy atom. The summed E-state index contributed by atoms with van der Waals surface area (Å²) in [6.45, 7) is 1.46. The van der Waals surface area contributed by atoms with Crippen molar-refractivity contribution in [1.82, 2.24) is 0 Å². The van der Waals surface area contributed by atoms with Crippen molar-refractivity contribution in [2.75, 3.05) is 17.2 Å². The molecule has 0 aromatic heterocycles. The van der Waals surface area contributed by atoms with E-state index in [0.29, 0.717) is 12.1 Å². The quantitative estimate of drug-likeness (QED) is 0.377. The van der Waals surface area contributed by atoms with Crippen LogP contribution in [0.15, 0.2) is 40.9 Å². The Hall–Kier alpha value is -2.59. The molecule has 0 aliphatic carbocycles. The van der Waals surface area contributed by atoms with Gasteiger partial charge in [0.15, 0.2) is 6.61 Å². The third-order valence-corrected chi connectivity index (χ3v) is 5.26. The molecule has 2 amide bonds. The van der Waals surface area contributed by atoms with Crippen LogP contribution in [0.1, 0.15) is 37.3 Å². The first-order valence-corrected chi connectivity index (χ1v) is 11.1. The predicted octanol–water partition coefficient (Wildman–Crippen LogP) is 5.97. The second kappa shape index (κ2) is 12.0.